The fourth-order valence-corrected chi connectivity index (χ4v) is 4.62. The minimum absolute atomic E-state index is 0.0287. The molecule has 4 rings (SSSR count). The first kappa shape index (κ1) is 29.4. The molecule has 0 N–H and O–H groups in total. The van der Waals surface area contributed by atoms with E-state index in [2.05, 4.69) is 44.0 Å². The Balaban J connectivity index is 1.65. The van der Waals surface area contributed by atoms with Gasteiger partial charge in [0.25, 0.3) is 0 Å². The molecule has 6 heteroatoms. The zero-order valence-corrected chi connectivity index (χ0v) is 24.0. The van der Waals surface area contributed by atoms with Crippen molar-refractivity contribution >= 4 is 17.7 Å². The Morgan fingerprint density at radius 2 is 1.41 bits per heavy atom. The molecule has 6 nitrogen and oxygen atoms in total. The Labute approximate surface area is 241 Å². The van der Waals surface area contributed by atoms with Gasteiger partial charge in [0.2, 0.25) is 0 Å². The van der Waals surface area contributed by atoms with Crippen molar-refractivity contribution in [3.63, 3.8) is 0 Å². The van der Waals surface area contributed by atoms with Gasteiger partial charge in [-0.25, -0.2) is 9.59 Å². The standard InChI is InChI=1S/C35H34O6/c1-20(2)31(36)19-39-32-15-11-24-8-9-26(17-30(24)32)25-10-13-28(23(7)16-25)29-14-12-27(40-34(37)21(3)4)18-33(29)41-35(38)22(5)6/h8-10,12-14,16-18,32H,1,3,5,11,15,19H2,2,4,6-7H3. The lowest BCUT2D eigenvalue weighted by atomic mass is 9.93. The second kappa shape index (κ2) is 12.3. The van der Waals surface area contributed by atoms with Crippen LogP contribution in [0.25, 0.3) is 22.3 Å². The number of benzene rings is 3. The van der Waals surface area contributed by atoms with Crippen molar-refractivity contribution in [3.05, 3.63) is 108 Å². The molecule has 1 aliphatic carbocycles. The number of ether oxygens (including phenoxy) is 3. The molecule has 0 heterocycles. The minimum Gasteiger partial charge on any atom is -0.423 e. The lowest BCUT2D eigenvalue weighted by molar-refractivity contribution is -0.130. The summed E-state index contributed by atoms with van der Waals surface area (Å²) in [4.78, 5) is 36.5. The number of Topliss-reactive ketones (excluding diaryl/α,β-unsaturated/α-hetero) is 1. The van der Waals surface area contributed by atoms with Gasteiger partial charge in [0.1, 0.15) is 18.1 Å². The average molecular weight is 551 g/mol. The average Bonchev–Trinajstić information content (AvgIpc) is 3.34. The molecule has 0 bridgehead atoms. The van der Waals surface area contributed by atoms with Crippen molar-refractivity contribution in [1.29, 1.82) is 0 Å². The summed E-state index contributed by atoms with van der Waals surface area (Å²) in [5, 5.41) is 0. The number of ketones is 1. The topological polar surface area (TPSA) is 78.9 Å². The van der Waals surface area contributed by atoms with E-state index in [0.29, 0.717) is 11.1 Å². The van der Waals surface area contributed by atoms with Crippen LogP contribution in [0.5, 0.6) is 11.5 Å². The van der Waals surface area contributed by atoms with Crippen LogP contribution >= 0.6 is 0 Å². The van der Waals surface area contributed by atoms with Gasteiger partial charge >= 0.3 is 11.9 Å². The zero-order chi connectivity index (χ0) is 29.8. The number of aryl methyl sites for hydroxylation is 2. The molecule has 0 amide bonds. The molecule has 0 aromatic heterocycles. The fourth-order valence-electron chi connectivity index (χ4n) is 4.62. The number of esters is 2. The molecule has 0 saturated heterocycles. The molecular weight excluding hydrogens is 516 g/mol. The number of fused-ring (bicyclic) bond motifs is 1. The van der Waals surface area contributed by atoms with E-state index in [1.165, 1.54) is 11.6 Å². The number of carbonyl (C=O) groups excluding carboxylic acids is 3. The Morgan fingerprint density at radius 3 is 2.07 bits per heavy atom. The molecule has 3 aromatic carbocycles. The molecule has 210 valence electrons. The minimum atomic E-state index is -0.580. The summed E-state index contributed by atoms with van der Waals surface area (Å²) in [5.41, 5.74) is 7.87. The molecule has 1 atom stereocenters. The Kier molecular flexibility index (Phi) is 8.84. The van der Waals surface area contributed by atoms with Gasteiger partial charge in [0.05, 0.1) is 6.10 Å². The predicted octanol–water partition coefficient (Wildman–Crippen LogP) is 7.44. The summed E-state index contributed by atoms with van der Waals surface area (Å²) < 4.78 is 17.0. The Bertz CT molecular complexity index is 1590. The maximum Gasteiger partial charge on any atom is 0.338 e. The highest BCUT2D eigenvalue weighted by Crippen LogP contribution is 2.40. The molecule has 0 radical (unpaired) electrons. The van der Waals surface area contributed by atoms with E-state index in [1.807, 2.05) is 19.1 Å². The van der Waals surface area contributed by atoms with Crippen molar-refractivity contribution < 1.29 is 28.6 Å². The second-order valence-electron chi connectivity index (χ2n) is 10.5. The molecule has 3 aromatic rings. The number of hydrogen-bond donors (Lipinski definition) is 0. The summed E-state index contributed by atoms with van der Waals surface area (Å²) in [6.45, 7) is 17.8. The van der Waals surface area contributed by atoms with Gasteiger partial charge < -0.3 is 14.2 Å². The molecule has 0 fully saturated rings. The lowest BCUT2D eigenvalue weighted by Gasteiger charge is -2.16. The maximum absolute atomic E-state index is 12.4. The summed E-state index contributed by atoms with van der Waals surface area (Å²) in [7, 11) is 0. The first-order chi connectivity index (χ1) is 19.4. The molecule has 0 aliphatic heterocycles. The van der Waals surface area contributed by atoms with Crippen LogP contribution in [-0.4, -0.2) is 24.3 Å². The van der Waals surface area contributed by atoms with Gasteiger partial charge in [0.15, 0.2) is 5.78 Å². The monoisotopic (exact) mass is 550 g/mol. The highest BCUT2D eigenvalue weighted by molar-refractivity contribution is 5.95. The van der Waals surface area contributed by atoms with E-state index >= 15 is 0 Å². The first-order valence-corrected chi connectivity index (χ1v) is 13.4. The smallest absolute Gasteiger partial charge is 0.338 e. The fraction of sp³-hybridized carbons (Fsp3) is 0.229. The summed E-state index contributed by atoms with van der Waals surface area (Å²) >= 11 is 0. The van der Waals surface area contributed by atoms with E-state index in [1.54, 1.807) is 32.9 Å². The van der Waals surface area contributed by atoms with E-state index in [0.717, 1.165) is 40.7 Å². The Hall–Kier alpha value is -4.55. The normalized spacial score (nSPS) is 13.7. The van der Waals surface area contributed by atoms with Gasteiger partial charge in [0, 0.05) is 22.8 Å². The third-order valence-electron chi connectivity index (χ3n) is 6.97. The van der Waals surface area contributed by atoms with Crippen LogP contribution in [0.1, 0.15) is 50.0 Å². The van der Waals surface area contributed by atoms with E-state index in [-0.39, 0.29) is 41.1 Å². The number of carbonyl (C=O) groups is 3. The van der Waals surface area contributed by atoms with Gasteiger partial charge in [-0.1, -0.05) is 50.1 Å². The Morgan fingerprint density at radius 1 is 0.780 bits per heavy atom. The van der Waals surface area contributed by atoms with Crippen LogP contribution in [0.15, 0.2) is 91.1 Å². The molecule has 0 spiro atoms. The third-order valence-corrected chi connectivity index (χ3v) is 6.97. The van der Waals surface area contributed by atoms with Crippen LogP contribution in [0, 0.1) is 6.92 Å². The second-order valence-corrected chi connectivity index (χ2v) is 10.5. The van der Waals surface area contributed by atoms with Gasteiger partial charge in [-0.2, -0.15) is 0 Å². The van der Waals surface area contributed by atoms with Crippen LogP contribution in [0.2, 0.25) is 0 Å². The molecule has 1 unspecified atom stereocenters. The van der Waals surface area contributed by atoms with Crippen LogP contribution in [0.3, 0.4) is 0 Å². The summed E-state index contributed by atoms with van der Waals surface area (Å²) in [6.07, 6.45) is 1.61. The van der Waals surface area contributed by atoms with E-state index in [4.69, 9.17) is 14.2 Å². The SMILES string of the molecule is C=C(C)C(=O)COC1CCc2ccc(-c3ccc(-c4ccc(OC(=O)C(=C)C)cc4OC(=O)C(=C)C)c(C)c3)cc21. The lowest BCUT2D eigenvalue weighted by Crippen LogP contribution is -2.12. The third kappa shape index (κ3) is 6.79. The molecular formula is C35H34O6. The largest absolute Gasteiger partial charge is 0.423 e. The van der Waals surface area contributed by atoms with Crippen molar-refractivity contribution in [2.75, 3.05) is 6.61 Å². The van der Waals surface area contributed by atoms with Crippen LogP contribution in [-0.2, 0) is 25.5 Å². The van der Waals surface area contributed by atoms with E-state index < -0.39 is 11.9 Å². The highest BCUT2D eigenvalue weighted by atomic mass is 16.5. The molecule has 1 aliphatic rings. The first-order valence-electron chi connectivity index (χ1n) is 13.4. The van der Waals surface area contributed by atoms with Gasteiger partial charge in [-0.05, 0) is 97.7 Å². The van der Waals surface area contributed by atoms with Crippen LogP contribution < -0.4 is 9.47 Å². The van der Waals surface area contributed by atoms with Crippen LogP contribution in [0.4, 0.5) is 0 Å². The van der Waals surface area contributed by atoms with Crippen molar-refractivity contribution in [2.45, 2.75) is 46.6 Å². The summed E-state index contributed by atoms with van der Waals surface area (Å²) in [5.74, 6) is -0.747. The zero-order valence-electron chi connectivity index (χ0n) is 24.0. The van der Waals surface area contributed by atoms with Gasteiger partial charge in [-0.15, -0.1) is 0 Å². The maximum atomic E-state index is 12.4. The number of rotatable bonds is 10. The highest BCUT2D eigenvalue weighted by Gasteiger charge is 2.25. The molecule has 41 heavy (non-hydrogen) atoms. The summed E-state index contributed by atoms with van der Waals surface area (Å²) in [6, 6.07) is 17.3. The number of hydrogen-bond acceptors (Lipinski definition) is 6. The predicted molar refractivity (Wildman–Crippen MR) is 160 cm³/mol. The van der Waals surface area contributed by atoms with Crippen molar-refractivity contribution in [3.8, 4) is 33.8 Å². The molecule has 0 saturated carbocycles. The van der Waals surface area contributed by atoms with Crippen molar-refractivity contribution in [1.82, 2.24) is 0 Å². The quantitative estimate of drug-likeness (QED) is 0.148. The van der Waals surface area contributed by atoms with Gasteiger partial charge in [-0.3, -0.25) is 4.79 Å². The van der Waals surface area contributed by atoms with Crippen molar-refractivity contribution in [2.24, 2.45) is 0 Å². The van der Waals surface area contributed by atoms with E-state index in [9.17, 15) is 14.4 Å².